The molecule has 0 atom stereocenters. The predicted molar refractivity (Wildman–Crippen MR) is 97.3 cm³/mol. The van der Waals surface area contributed by atoms with E-state index in [1.807, 2.05) is 19.2 Å². The molecule has 7 nitrogen and oxygen atoms in total. The van der Waals surface area contributed by atoms with Gasteiger partial charge in [0.1, 0.15) is 5.76 Å². The number of ether oxygens (including phenoxy) is 1. The zero-order valence-corrected chi connectivity index (χ0v) is 16.4. The van der Waals surface area contributed by atoms with Gasteiger partial charge in [-0.2, -0.15) is 0 Å². The summed E-state index contributed by atoms with van der Waals surface area (Å²) in [6.45, 7) is 10.2. The fourth-order valence-corrected chi connectivity index (χ4v) is 2.66. The van der Waals surface area contributed by atoms with E-state index in [9.17, 15) is 14.7 Å². The predicted octanol–water partition coefficient (Wildman–Crippen LogP) is 3.40. The molecular formula is C17H27N3O4S. The van der Waals surface area contributed by atoms with Crippen LogP contribution in [0, 0.1) is 5.92 Å². The van der Waals surface area contributed by atoms with E-state index in [0.29, 0.717) is 19.1 Å². The van der Waals surface area contributed by atoms with E-state index in [4.69, 9.17) is 4.74 Å². The van der Waals surface area contributed by atoms with Gasteiger partial charge >= 0.3 is 12.0 Å². The molecule has 0 saturated heterocycles. The Hall–Kier alpha value is -2.09. The van der Waals surface area contributed by atoms with Crippen LogP contribution in [0.2, 0.25) is 0 Å². The monoisotopic (exact) mass is 369 g/mol. The van der Waals surface area contributed by atoms with Crippen LogP contribution in [0.25, 0.3) is 0 Å². The van der Waals surface area contributed by atoms with E-state index in [1.165, 1.54) is 11.8 Å². The molecule has 0 aliphatic rings. The van der Waals surface area contributed by atoms with Gasteiger partial charge in [0, 0.05) is 18.3 Å². The topological polar surface area (TPSA) is 91.8 Å². The quantitative estimate of drug-likeness (QED) is 0.541. The van der Waals surface area contributed by atoms with Crippen LogP contribution in [0.4, 0.5) is 4.79 Å². The highest BCUT2D eigenvalue weighted by atomic mass is 32.1. The first-order chi connectivity index (χ1) is 11.6. The standard InChI is InChI=1S/C17H27N3O4S/c1-10(2)8-24-12(5)14(16(21)22)19-17(23)20(6)7-13-9-25-15(18-13)11(3)4/h9-11H,7-8H2,1-6H3,(H,19,23)(H,21,22)/b14-12+. The Balaban J connectivity index is 2.75. The lowest BCUT2D eigenvalue weighted by Gasteiger charge is -2.18. The van der Waals surface area contributed by atoms with Crippen LogP contribution in [0.1, 0.15) is 51.2 Å². The lowest BCUT2D eigenvalue weighted by Crippen LogP contribution is -2.39. The Kier molecular flexibility index (Phi) is 7.89. The van der Waals surface area contributed by atoms with Crippen molar-refractivity contribution in [1.29, 1.82) is 0 Å². The number of carboxylic acid groups (broad SMARTS) is 1. The zero-order valence-electron chi connectivity index (χ0n) is 15.6. The van der Waals surface area contributed by atoms with E-state index in [-0.39, 0.29) is 17.4 Å². The van der Waals surface area contributed by atoms with E-state index < -0.39 is 12.0 Å². The van der Waals surface area contributed by atoms with Crippen molar-refractivity contribution in [3.8, 4) is 0 Å². The summed E-state index contributed by atoms with van der Waals surface area (Å²) in [5.74, 6) is -0.471. The molecule has 0 saturated carbocycles. The number of thiazole rings is 1. The van der Waals surface area contributed by atoms with Crippen LogP contribution in [0.5, 0.6) is 0 Å². The number of rotatable bonds is 8. The number of hydrogen-bond acceptors (Lipinski definition) is 5. The van der Waals surface area contributed by atoms with Crippen LogP contribution >= 0.6 is 11.3 Å². The first-order valence-electron chi connectivity index (χ1n) is 8.15. The number of hydrogen-bond donors (Lipinski definition) is 2. The number of amides is 2. The van der Waals surface area contributed by atoms with Crippen LogP contribution in [-0.2, 0) is 16.1 Å². The number of carboxylic acids is 1. The third-order valence-corrected chi connectivity index (χ3v) is 4.43. The van der Waals surface area contributed by atoms with Gasteiger partial charge in [0.25, 0.3) is 0 Å². The molecule has 0 radical (unpaired) electrons. The maximum atomic E-state index is 12.3. The molecule has 0 aliphatic carbocycles. The van der Waals surface area contributed by atoms with Crippen molar-refractivity contribution in [2.75, 3.05) is 13.7 Å². The number of nitrogens with zero attached hydrogens (tertiary/aromatic N) is 2. The van der Waals surface area contributed by atoms with Crippen molar-refractivity contribution in [2.45, 2.75) is 47.1 Å². The summed E-state index contributed by atoms with van der Waals surface area (Å²) < 4.78 is 5.41. The largest absolute Gasteiger partial charge is 0.496 e. The Morgan fingerprint density at radius 3 is 2.48 bits per heavy atom. The molecule has 2 amide bonds. The Bertz CT molecular complexity index is 638. The molecule has 140 valence electrons. The second-order valence-corrected chi connectivity index (χ2v) is 7.45. The second-order valence-electron chi connectivity index (χ2n) is 6.56. The van der Waals surface area contributed by atoms with Gasteiger partial charge in [-0.05, 0) is 12.8 Å². The molecule has 1 aromatic rings. The van der Waals surface area contributed by atoms with Crippen LogP contribution in [0.3, 0.4) is 0 Å². The number of nitrogens with one attached hydrogen (secondary N) is 1. The lowest BCUT2D eigenvalue weighted by atomic mass is 10.2. The maximum Gasteiger partial charge on any atom is 0.355 e. The number of allylic oxidation sites excluding steroid dienone is 1. The zero-order chi connectivity index (χ0) is 19.1. The number of carbonyl (C=O) groups is 2. The molecule has 25 heavy (non-hydrogen) atoms. The molecule has 0 spiro atoms. The average molecular weight is 369 g/mol. The van der Waals surface area contributed by atoms with Crippen molar-refractivity contribution in [1.82, 2.24) is 15.2 Å². The van der Waals surface area contributed by atoms with Gasteiger partial charge in [-0.25, -0.2) is 14.6 Å². The molecule has 8 heteroatoms. The molecule has 0 unspecified atom stereocenters. The first kappa shape index (κ1) is 21.0. The molecule has 0 aliphatic heterocycles. The Morgan fingerprint density at radius 2 is 2.00 bits per heavy atom. The van der Waals surface area contributed by atoms with Gasteiger partial charge in [-0.1, -0.05) is 27.7 Å². The fourth-order valence-electron chi connectivity index (χ4n) is 1.83. The third-order valence-electron chi connectivity index (χ3n) is 3.24. The minimum absolute atomic E-state index is 0.179. The van der Waals surface area contributed by atoms with Crippen LogP contribution in [-0.4, -0.2) is 40.6 Å². The summed E-state index contributed by atoms with van der Waals surface area (Å²) in [7, 11) is 1.59. The number of aromatic nitrogens is 1. The van der Waals surface area contributed by atoms with Crippen LogP contribution < -0.4 is 5.32 Å². The molecule has 0 aromatic carbocycles. The molecule has 0 bridgehead atoms. The lowest BCUT2D eigenvalue weighted by molar-refractivity contribution is -0.133. The first-order valence-corrected chi connectivity index (χ1v) is 9.03. The van der Waals surface area contributed by atoms with Gasteiger partial charge < -0.3 is 14.7 Å². The normalized spacial score (nSPS) is 12.2. The van der Waals surface area contributed by atoms with Crippen molar-refractivity contribution in [3.05, 3.63) is 27.5 Å². The highest BCUT2D eigenvalue weighted by molar-refractivity contribution is 7.09. The smallest absolute Gasteiger partial charge is 0.355 e. The highest BCUT2D eigenvalue weighted by Gasteiger charge is 2.20. The van der Waals surface area contributed by atoms with E-state index in [1.54, 1.807) is 18.4 Å². The van der Waals surface area contributed by atoms with Gasteiger partial charge in [0.2, 0.25) is 0 Å². The molecule has 1 aromatic heterocycles. The summed E-state index contributed by atoms with van der Waals surface area (Å²) in [6, 6.07) is -0.524. The molecule has 1 rings (SSSR count). The molecule has 2 N–H and O–H groups in total. The summed E-state index contributed by atoms with van der Waals surface area (Å²) in [5, 5.41) is 14.6. The number of urea groups is 1. The maximum absolute atomic E-state index is 12.3. The molecule has 0 fully saturated rings. The Labute approximate surface area is 152 Å². The molecular weight excluding hydrogens is 342 g/mol. The van der Waals surface area contributed by atoms with Crippen LogP contribution in [0.15, 0.2) is 16.8 Å². The van der Waals surface area contributed by atoms with Crippen molar-refractivity contribution >= 4 is 23.3 Å². The van der Waals surface area contributed by atoms with Gasteiger partial charge in [0.05, 0.1) is 23.9 Å². The second kappa shape index (κ2) is 9.41. The van der Waals surface area contributed by atoms with E-state index >= 15 is 0 Å². The van der Waals surface area contributed by atoms with Gasteiger partial charge in [-0.3, -0.25) is 5.32 Å². The summed E-state index contributed by atoms with van der Waals surface area (Å²) in [5.41, 5.74) is 0.527. The van der Waals surface area contributed by atoms with E-state index in [0.717, 1.165) is 10.7 Å². The summed E-state index contributed by atoms with van der Waals surface area (Å²) in [4.78, 5) is 29.5. The van der Waals surface area contributed by atoms with E-state index in [2.05, 4.69) is 24.1 Å². The Morgan fingerprint density at radius 1 is 1.36 bits per heavy atom. The van der Waals surface area contributed by atoms with Crippen molar-refractivity contribution < 1.29 is 19.4 Å². The third kappa shape index (κ3) is 6.74. The highest BCUT2D eigenvalue weighted by Crippen LogP contribution is 2.19. The van der Waals surface area contributed by atoms with Crippen molar-refractivity contribution in [3.63, 3.8) is 0 Å². The minimum Gasteiger partial charge on any atom is -0.496 e. The minimum atomic E-state index is -1.24. The molecule has 1 heterocycles. The van der Waals surface area contributed by atoms with Gasteiger partial charge in [-0.15, -0.1) is 11.3 Å². The SMILES string of the molecule is C/C(OCC(C)C)=C(\NC(=O)N(C)Cc1csc(C(C)C)n1)C(=O)O. The fraction of sp³-hybridized carbons (Fsp3) is 0.588. The number of aliphatic carboxylic acids is 1. The number of carbonyl (C=O) groups excluding carboxylic acids is 1. The summed E-state index contributed by atoms with van der Waals surface area (Å²) >= 11 is 1.55. The summed E-state index contributed by atoms with van der Waals surface area (Å²) in [6.07, 6.45) is 0. The van der Waals surface area contributed by atoms with Gasteiger partial charge in [0.15, 0.2) is 5.70 Å². The van der Waals surface area contributed by atoms with Crippen molar-refractivity contribution in [2.24, 2.45) is 5.92 Å². The average Bonchev–Trinajstić information content (AvgIpc) is 2.98.